The van der Waals surface area contributed by atoms with E-state index in [9.17, 15) is 4.79 Å². The van der Waals surface area contributed by atoms with E-state index in [2.05, 4.69) is 15.7 Å². The van der Waals surface area contributed by atoms with E-state index in [1.165, 1.54) is 4.88 Å². The monoisotopic (exact) mass is 320 g/mol. The summed E-state index contributed by atoms with van der Waals surface area (Å²) < 4.78 is 0. The second kappa shape index (κ2) is 6.60. The Hall–Kier alpha value is -1.37. The molecule has 0 aromatic carbocycles. The van der Waals surface area contributed by atoms with Gasteiger partial charge in [-0.3, -0.25) is 4.79 Å². The average Bonchev–Trinajstić information content (AvgIpc) is 2.96. The molecule has 2 aromatic rings. The Bertz CT molecular complexity index is 642. The van der Waals surface area contributed by atoms with Gasteiger partial charge in [-0.05, 0) is 53.3 Å². The number of thioether (sulfide) groups is 1. The molecule has 2 N–H and O–H groups in total. The fourth-order valence-corrected chi connectivity index (χ4v) is 4.68. The normalized spacial score (nSPS) is 17.3. The van der Waals surface area contributed by atoms with Crippen LogP contribution in [0.2, 0.25) is 0 Å². The van der Waals surface area contributed by atoms with Crippen LogP contribution in [0.1, 0.15) is 21.3 Å². The van der Waals surface area contributed by atoms with Crippen molar-refractivity contribution in [2.24, 2.45) is 0 Å². The maximum atomic E-state index is 12.5. The second-order valence-corrected chi connectivity index (χ2v) is 7.03. The van der Waals surface area contributed by atoms with Crippen molar-refractivity contribution in [3.05, 3.63) is 45.8 Å². The lowest BCUT2D eigenvalue weighted by Gasteiger charge is -2.21. The highest BCUT2D eigenvalue weighted by atomic mass is 32.2. The van der Waals surface area contributed by atoms with Gasteiger partial charge in [-0.2, -0.15) is 0 Å². The van der Waals surface area contributed by atoms with Gasteiger partial charge in [-0.25, -0.2) is 4.98 Å². The number of nitrogens with zero attached hydrogens (tertiary/aromatic N) is 1. The van der Waals surface area contributed by atoms with Crippen molar-refractivity contribution in [3.63, 3.8) is 0 Å². The number of carbonyl (C=O) groups excluding carboxylic acids is 1. The molecule has 0 aliphatic carbocycles. The molecule has 6 heteroatoms. The summed E-state index contributed by atoms with van der Waals surface area (Å²) in [6.45, 7) is 0.0914. The quantitative estimate of drug-likeness (QED) is 0.909. The maximum absolute atomic E-state index is 12.5. The Balaban J connectivity index is 1.74. The van der Waals surface area contributed by atoms with E-state index in [1.807, 2.05) is 18.2 Å². The molecule has 0 radical (unpaired) electrons. The van der Waals surface area contributed by atoms with Crippen molar-refractivity contribution in [2.75, 3.05) is 17.7 Å². The molecule has 110 valence electrons. The number of aliphatic hydroxyl groups excluding tert-OH is 1. The van der Waals surface area contributed by atoms with Crippen LogP contribution in [0.15, 0.2) is 29.8 Å². The van der Waals surface area contributed by atoms with E-state index in [4.69, 9.17) is 5.11 Å². The Kier molecular flexibility index (Phi) is 4.57. The Labute approximate surface area is 131 Å². The zero-order valence-electron chi connectivity index (χ0n) is 11.4. The lowest BCUT2D eigenvalue weighted by atomic mass is 10.1. The number of pyridine rings is 1. The van der Waals surface area contributed by atoms with Crippen LogP contribution in [0.3, 0.4) is 0 Å². The molecule has 2 aromatic heterocycles. The highest BCUT2D eigenvalue weighted by molar-refractivity contribution is 8.00. The van der Waals surface area contributed by atoms with Crippen molar-refractivity contribution in [3.8, 4) is 0 Å². The lowest BCUT2D eigenvalue weighted by molar-refractivity contribution is -0.115. The van der Waals surface area contributed by atoms with E-state index in [1.54, 1.807) is 29.3 Å². The van der Waals surface area contributed by atoms with Crippen LogP contribution in [0.4, 0.5) is 5.82 Å². The number of aryl methyl sites for hydroxylation is 1. The van der Waals surface area contributed by atoms with Crippen LogP contribution in [-0.4, -0.2) is 28.4 Å². The Morgan fingerprint density at radius 2 is 2.38 bits per heavy atom. The Morgan fingerprint density at radius 3 is 3.24 bits per heavy atom. The van der Waals surface area contributed by atoms with Crippen LogP contribution in [0, 0.1) is 0 Å². The molecular weight excluding hydrogens is 304 g/mol. The van der Waals surface area contributed by atoms with E-state index in [0.717, 1.165) is 23.3 Å². The molecule has 0 spiro atoms. The third kappa shape index (κ3) is 3.28. The Morgan fingerprint density at radius 1 is 1.48 bits per heavy atom. The minimum Gasteiger partial charge on any atom is -0.396 e. The van der Waals surface area contributed by atoms with Crippen molar-refractivity contribution < 1.29 is 9.90 Å². The van der Waals surface area contributed by atoms with Crippen LogP contribution in [-0.2, 0) is 17.6 Å². The van der Waals surface area contributed by atoms with Crippen molar-refractivity contribution in [1.29, 1.82) is 0 Å². The number of fused-ring (bicyclic) bond motifs is 1. The van der Waals surface area contributed by atoms with Crippen LogP contribution in [0.25, 0.3) is 0 Å². The van der Waals surface area contributed by atoms with Crippen LogP contribution >= 0.6 is 23.1 Å². The smallest absolute Gasteiger partial charge is 0.243 e. The standard InChI is InChI=1S/C15H16N2O2S2/c18-6-2-10-1-5-16-13(9-10)17-15(19)14-11-3-7-20-12(11)4-8-21-14/h1,3,5,7,9,14,18H,2,4,6,8H2,(H,16,17,19). The number of nitrogens with one attached hydrogen (secondary N) is 1. The highest BCUT2D eigenvalue weighted by Gasteiger charge is 2.28. The molecule has 4 nitrogen and oxygen atoms in total. The molecule has 0 saturated carbocycles. The number of anilines is 1. The molecule has 1 aliphatic rings. The lowest BCUT2D eigenvalue weighted by Crippen LogP contribution is -2.22. The summed E-state index contributed by atoms with van der Waals surface area (Å²) in [5.41, 5.74) is 2.11. The highest BCUT2D eigenvalue weighted by Crippen LogP contribution is 2.39. The van der Waals surface area contributed by atoms with Crippen LogP contribution in [0.5, 0.6) is 0 Å². The first-order valence-corrected chi connectivity index (χ1v) is 8.75. The van der Waals surface area contributed by atoms with E-state index >= 15 is 0 Å². The summed E-state index contributed by atoms with van der Waals surface area (Å²) in [4.78, 5) is 18.0. The molecule has 1 atom stereocenters. The van der Waals surface area contributed by atoms with E-state index in [0.29, 0.717) is 12.2 Å². The first-order valence-electron chi connectivity index (χ1n) is 6.82. The number of aromatic nitrogens is 1. The van der Waals surface area contributed by atoms with E-state index in [-0.39, 0.29) is 17.8 Å². The zero-order valence-corrected chi connectivity index (χ0v) is 13.0. The molecule has 0 saturated heterocycles. The fraction of sp³-hybridized carbons (Fsp3) is 0.333. The molecule has 0 bridgehead atoms. The fourth-order valence-electron chi connectivity index (χ4n) is 2.38. The van der Waals surface area contributed by atoms with Gasteiger partial charge in [0.1, 0.15) is 11.1 Å². The van der Waals surface area contributed by atoms with Crippen molar-refractivity contribution in [1.82, 2.24) is 4.98 Å². The first kappa shape index (κ1) is 14.6. The van der Waals surface area contributed by atoms with Gasteiger partial charge >= 0.3 is 0 Å². The van der Waals surface area contributed by atoms with Gasteiger partial charge in [0.2, 0.25) is 5.91 Å². The average molecular weight is 320 g/mol. The maximum Gasteiger partial charge on any atom is 0.243 e. The molecule has 1 aliphatic heterocycles. The number of hydrogen-bond donors (Lipinski definition) is 2. The summed E-state index contributed by atoms with van der Waals surface area (Å²) in [6.07, 6.45) is 3.27. The summed E-state index contributed by atoms with van der Waals surface area (Å²) in [6, 6.07) is 5.71. The largest absolute Gasteiger partial charge is 0.396 e. The molecule has 21 heavy (non-hydrogen) atoms. The molecule has 3 heterocycles. The van der Waals surface area contributed by atoms with Gasteiger partial charge in [0.05, 0.1) is 0 Å². The van der Waals surface area contributed by atoms with Gasteiger partial charge < -0.3 is 10.4 Å². The number of carbonyl (C=O) groups is 1. The predicted octanol–water partition coefficient (Wildman–Crippen LogP) is 2.65. The van der Waals surface area contributed by atoms with Gasteiger partial charge in [0.15, 0.2) is 0 Å². The summed E-state index contributed by atoms with van der Waals surface area (Å²) >= 11 is 3.40. The number of aliphatic hydroxyl groups is 1. The first-order chi connectivity index (χ1) is 10.3. The third-order valence-corrected chi connectivity index (χ3v) is 5.63. The number of rotatable bonds is 4. The SMILES string of the molecule is O=C(Nc1cc(CCO)ccn1)C1SCCc2sccc21. The van der Waals surface area contributed by atoms with Crippen molar-refractivity contribution in [2.45, 2.75) is 18.1 Å². The third-order valence-electron chi connectivity index (χ3n) is 3.39. The zero-order chi connectivity index (χ0) is 14.7. The summed E-state index contributed by atoms with van der Waals surface area (Å²) in [5.74, 6) is 1.51. The number of thiophene rings is 1. The second-order valence-electron chi connectivity index (χ2n) is 4.81. The summed E-state index contributed by atoms with van der Waals surface area (Å²) in [7, 11) is 0. The number of hydrogen-bond acceptors (Lipinski definition) is 5. The van der Waals surface area contributed by atoms with Crippen molar-refractivity contribution >= 4 is 34.8 Å². The van der Waals surface area contributed by atoms with Gasteiger partial charge in [0, 0.05) is 17.7 Å². The van der Waals surface area contributed by atoms with Gasteiger partial charge in [0.25, 0.3) is 0 Å². The summed E-state index contributed by atoms with van der Waals surface area (Å²) in [5, 5.41) is 13.8. The molecule has 1 amide bonds. The molecule has 0 fully saturated rings. The molecule has 1 unspecified atom stereocenters. The van der Waals surface area contributed by atoms with Crippen LogP contribution < -0.4 is 5.32 Å². The predicted molar refractivity (Wildman–Crippen MR) is 86.9 cm³/mol. The minimum absolute atomic E-state index is 0.0204. The van der Waals surface area contributed by atoms with E-state index < -0.39 is 0 Å². The number of amides is 1. The minimum atomic E-state index is -0.150. The molecule has 3 rings (SSSR count). The topological polar surface area (TPSA) is 62.2 Å². The van der Waals surface area contributed by atoms with Gasteiger partial charge in [-0.15, -0.1) is 23.1 Å². The van der Waals surface area contributed by atoms with Gasteiger partial charge in [-0.1, -0.05) is 0 Å². The molecular formula is C15H16N2O2S2.